The molecule has 0 saturated heterocycles. The number of rotatable bonds is 0. The Kier molecular flexibility index (Phi) is 1.000. The molecule has 9 heavy (non-hydrogen) atoms. The minimum absolute atomic E-state index is 0.0285. The van der Waals surface area contributed by atoms with Crippen LogP contribution < -0.4 is 0 Å². The first kappa shape index (κ1) is 6.30. The molecule has 3 aliphatic rings. The lowest BCUT2D eigenvalue weighted by Gasteiger charge is -2.37. The van der Waals surface area contributed by atoms with Crippen LogP contribution in [0.25, 0.3) is 0 Å². The van der Waals surface area contributed by atoms with Crippen LogP contribution in [0, 0.1) is 5.92 Å². The molecular formula is C7H10Cl2. The summed E-state index contributed by atoms with van der Waals surface area (Å²) >= 11 is 12.4. The number of halogens is 2. The van der Waals surface area contributed by atoms with Gasteiger partial charge in [-0.05, 0) is 32.1 Å². The fraction of sp³-hybridized carbons (Fsp3) is 1.00. The molecule has 2 bridgehead atoms. The highest BCUT2D eigenvalue weighted by Crippen LogP contribution is 2.64. The van der Waals surface area contributed by atoms with E-state index in [1.165, 1.54) is 0 Å². The van der Waals surface area contributed by atoms with Crippen molar-refractivity contribution in [3.05, 3.63) is 0 Å². The molecule has 0 nitrogen and oxygen atoms in total. The molecule has 3 saturated carbocycles. The summed E-state index contributed by atoms with van der Waals surface area (Å²) in [6.45, 7) is 2.06. The van der Waals surface area contributed by atoms with Crippen LogP contribution >= 0.6 is 23.2 Å². The van der Waals surface area contributed by atoms with Crippen molar-refractivity contribution in [2.24, 2.45) is 5.92 Å². The van der Waals surface area contributed by atoms with Crippen LogP contribution in [-0.2, 0) is 0 Å². The minimum Gasteiger partial charge on any atom is -0.118 e. The van der Waals surface area contributed by atoms with E-state index >= 15 is 0 Å². The molecular weight excluding hydrogens is 155 g/mol. The van der Waals surface area contributed by atoms with Crippen LogP contribution in [0.1, 0.15) is 26.2 Å². The SMILES string of the molecule is CC1(Cl)CC2CC1(Cl)C2. The van der Waals surface area contributed by atoms with Crippen molar-refractivity contribution in [2.75, 3.05) is 0 Å². The number of alkyl halides is 2. The monoisotopic (exact) mass is 164 g/mol. The van der Waals surface area contributed by atoms with Crippen molar-refractivity contribution < 1.29 is 0 Å². The quantitative estimate of drug-likeness (QED) is 0.484. The van der Waals surface area contributed by atoms with E-state index in [2.05, 4.69) is 6.92 Å². The second kappa shape index (κ2) is 1.43. The van der Waals surface area contributed by atoms with E-state index in [4.69, 9.17) is 23.2 Å². The number of hydrogen-bond acceptors (Lipinski definition) is 0. The molecule has 1 unspecified atom stereocenters. The van der Waals surface area contributed by atoms with Gasteiger partial charge in [-0.3, -0.25) is 0 Å². The van der Waals surface area contributed by atoms with Gasteiger partial charge in [0.25, 0.3) is 0 Å². The first-order valence-corrected chi connectivity index (χ1v) is 4.17. The van der Waals surface area contributed by atoms with Gasteiger partial charge in [-0.1, -0.05) is 0 Å². The number of hydrogen-bond donors (Lipinski definition) is 0. The number of fused-ring (bicyclic) bond motifs is 1. The van der Waals surface area contributed by atoms with Gasteiger partial charge in [-0.15, -0.1) is 23.2 Å². The van der Waals surface area contributed by atoms with Crippen LogP contribution in [0.4, 0.5) is 0 Å². The zero-order valence-corrected chi connectivity index (χ0v) is 6.97. The zero-order chi connectivity index (χ0) is 6.70. The van der Waals surface area contributed by atoms with E-state index in [9.17, 15) is 0 Å². The summed E-state index contributed by atoms with van der Waals surface area (Å²) in [6.07, 6.45) is 3.42. The Balaban J connectivity index is 2.30. The molecule has 0 aromatic heterocycles. The Labute approximate surface area is 65.5 Å². The molecule has 0 amide bonds. The highest BCUT2D eigenvalue weighted by Gasteiger charge is 2.62. The summed E-state index contributed by atoms with van der Waals surface area (Å²) in [7, 11) is 0. The van der Waals surface area contributed by atoms with E-state index < -0.39 is 0 Å². The molecule has 1 atom stereocenters. The van der Waals surface area contributed by atoms with Crippen molar-refractivity contribution in [1.82, 2.24) is 0 Å². The molecule has 3 aliphatic carbocycles. The zero-order valence-electron chi connectivity index (χ0n) is 5.45. The van der Waals surface area contributed by atoms with Crippen LogP contribution in [0.2, 0.25) is 0 Å². The second-order valence-corrected chi connectivity index (χ2v) is 5.20. The maximum atomic E-state index is 6.19. The maximum Gasteiger partial charge on any atom is 0.0640 e. The van der Waals surface area contributed by atoms with E-state index in [1.54, 1.807) is 0 Å². The Morgan fingerprint density at radius 3 is 1.89 bits per heavy atom. The minimum atomic E-state index is -0.0980. The maximum absolute atomic E-state index is 6.19. The summed E-state index contributed by atoms with van der Waals surface area (Å²) in [5, 5.41) is 0. The molecule has 0 aromatic carbocycles. The van der Waals surface area contributed by atoms with Crippen LogP contribution in [0.5, 0.6) is 0 Å². The van der Waals surface area contributed by atoms with Crippen molar-refractivity contribution in [3.63, 3.8) is 0 Å². The van der Waals surface area contributed by atoms with Gasteiger partial charge in [0.15, 0.2) is 0 Å². The summed E-state index contributed by atoms with van der Waals surface area (Å²) < 4.78 is 0. The summed E-state index contributed by atoms with van der Waals surface area (Å²) in [6, 6.07) is 0. The van der Waals surface area contributed by atoms with Gasteiger partial charge in [0.05, 0.1) is 9.75 Å². The van der Waals surface area contributed by atoms with Gasteiger partial charge >= 0.3 is 0 Å². The molecule has 3 fully saturated rings. The topological polar surface area (TPSA) is 0 Å². The first-order chi connectivity index (χ1) is 4.04. The molecule has 0 N–H and O–H groups in total. The lowest BCUT2D eigenvalue weighted by molar-refractivity contribution is 0.320. The van der Waals surface area contributed by atoms with Crippen LogP contribution in [-0.4, -0.2) is 9.75 Å². The predicted octanol–water partition coefficient (Wildman–Crippen LogP) is 2.78. The molecule has 0 aromatic rings. The third kappa shape index (κ3) is 0.615. The third-order valence-corrected chi connectivity index (χ3v) is 4.17. The highest BCUT2D eigenvalue weighted by atomic mass is 35.5. The largest absolute Gasteiger partial charge is 0.118 e. The van der Waals surface area contributed by atoms with E-state index in [-0.39, 0.29) is 9.75 Å². The third-order valence-electron chi connectivity index (χ3n) is 2.83. The van der Waals surface area contributed by atoms with Crippen LogP contribution in [0.3, 0.4) is 0 Å². The highest BCUT2D eigenvalue weighted by molar-refractivity contribution is 6.36. The predicted molar refractivity (Wildman–Crippen MR) is 40.2 cm³/mol. The van der Waals surface area contributed by atoms with Crippen molar-refractivity contribution in [2.45, 2.75) is 35.9 Å². The van der Waals surface area contributed by atoms with Crippen LogP contribution in [0.15, 0.2) is 0 Å². The van der Waals surface area contributed by atoms with Gasteiger partial charge in [-0.2, -0.15) is 0 Å². The van der Waals surface area contributed by atoms with Crippen molar-refractivity contribution in [1.29, 1.82) is 0 Å². The lowest BCUT2D eigenvalue weighted by Crippen LogP contribution is -2.40. The smallest absolute Gasteiger partial charge is 0.0640 e. The van der Waals surface area contributed by atoms with Gasteiger partial charge in [0, 0.05) is 0 Å². The molecule has 0 aliphatic heterocycles. The summed E-state index contributed by atoms with van der Waals surface area (Å²) in [5.74, 6) is 0.838. The Hall–Kier alpha value is 0.580. The molecule has 0 spiro atoms. The van der Waals surface area contributed by atoms with E-state index in [0.717, 1.165) is 25.2 Å². The van der Waals surface area contributed by atoms with Crippen molar-refractivity contribution >= 4 is 23.2 Å². The fourth-order valence-corrected chi connectivity index (χ4v) is 3.04. The Morgan fingerprint density at radius 2 is 1.78 bits per heavy atom. The summed E-state index contributed by atoms with van der Waals surface area (Å²) in [4.78, 5) is -0.127. The molecule has 0 heterocycles. The molecule has 2 heteroatoms. The first-order valence-electron chi connectivity index (χ1n) is 3.41. The molecule has 3 rings (SSSR count). The van der Waals surface area contributed by atoms with Gasteiger partial charge < -0.3 is 0 Å². The van der Waals surface area contributed by atoms with Crippen molar-refractivity contribution in [3.8, 4) is 0 Å². The molecule has 0 radical (unpaired) electrons. The average Bonchev–Trinajstić information content (AvgIpc) is 1.85. The van der Waals surface area contributed by atoms with E-state index in [0.29, 0.717) is 0 Å². The normalized spacial score (nSPS) is 63.7. The average molecular weight is 165 g/mol. The van der Waals surface area contributed by atoms with Gasteiger partial charge in [0.2, 0.25) is 0 Å². The van der Waals surface area contributed by atoms with E-state index in [1.807, 2.05) is 0 Å². The van der Waals surface area contributed by atoms with Gasteiger partial charge in [0.1, 0.15) is 0 Å². The fourth-order valence-electron chi connectivity index (χ4n) is 2.15. The summed E-state index contributed by atoms with van der Waals surface area (Å²) in [5.41, 5.74) is 0. The second-order valence-electron chi connectivity index (χ2n) is 3.64. The Morgan fingerprint density at radius 1 is 1.22 bits per heavy atom. The Bertz CT molecular complexity index is 142. The van der Waals surface area contributed by atoms with Gasteiger partial charge in [-0.25, -0.2) is 0 Å². The molecule has 52 valence electrons. The standard InChI is InChI=1S/C7H10Cl2/c1-6(8)2-5-3-7(6,9)4-5/h5H,2-4H2,1H3. The lowest BCUT2D eigenvalue weighted by atomic mass is 9.81.